The SMILES string of the molecule is CCCCCCCCCCCCCCCc1ccc(C(C)=O)cc1.CCCCCCCCCCCCCCCc1cccc(O)c1.CCCCCCCCCCCCCCCc1cccc(Oc2nnnn2-c2ccccc2)c1.CCCCCCCCCCCCCCCc1ccccc1.Clc1nnnn1-c1ccccc1. The van der Waals surface area contributed by atoms with Crippen molar-refractivity contribution in [3.05, 3.63) is 197 Å². The van der Waals surface area contributed by atoms with E-state index >= 15 is 0 Å². The van der Waals surface area contributed by atoms with E-state index in [-0.39, 0.29) is 11.1 Å². The lowest BCUT2D eigenvalue weighted by Crippen LogP contribution is -2.00. The van der Waals surface area contributed by atoms with Crippen LogP contribution in [0.1, 0.15) is 401 Å². The molecule has 0 saturated carbocycles. The zero-order valence-electron chi connectivity index (χ0n) is 71.4. The Labute approximate surface area is 688 Å². The predicted molar refractivity (Wildman–Crippen MR) is 478 cm³/mol. The number of phenols is 1. The number of Topliss-reactive ketones (excluding diaryl/α,β-unsaturated/α-hetero) is 1. The lowest BCUT2D eigenvalue weighted by Gasteiger charge is -2.08. The molecule has 0 radical (unpaired) electrons. The van der Waals surface area contributed by atoms with E-state index in [2.05, 4.69) is 119 Å². The van der Waals surface area contributed by atoms with E-state index in [1.807, 2.05) is 97.1 Å². The van der Waals surface area contributed by atoms with Crippen LogP contribution in [0.4, 0.5) is 0 Å². The number of nitrogens with zero attached hydrogens (tertiary/aromatic N) is 8. The largest absolute Gasteiger partial charge is 0.508 e. The van der Waals surface area contributed by atoms with Crippen molar-refractivity contribution in [3.8, 4) is 28.9 Å². The van der Waals surface area contributed by atoms with E-state index in [4.69, 9.17) is 16.3 Å². The molecule has 0 atom stereocenters. The Morgan fingerprint density at radius 1 is 0.312 bits per heavy atom. The summed E-state index contributed by atoms with van der Waals surface area (Å²) >= 11 is 5.70. The fourth-order valence-corrected chi connectivity index (χ4v) is 14.6. The monoisotopic (exact) mass is 1550 g/mol. The average molecular weight is 1550 g/mol. The molecule has 1 N–H and O–H groups in total. The van der Waals surface area contributed by atoms with Crippen molar-refractivity contribution in [2.45, 2.75) is 394 Å². The van der Waals surface area contributed by atoms with Gasteiger partial charge in [-0.05, 0) is 162 Å². The molecule has 0 amide bonds. The summed E-state index contributed by atoms with van der Waals surface area (Å²) in [4.78, 5) is 11.2. The van der Waals surface area contributed by atoms with Gasteiger partial charge in [0.2, 0.25) is 5.28 Å². The van der Waals surface area contributed by atoms with Gasteiger partial charge in [0.1, 0.15) is 11.5 Å². The van der Waals surface area contributed by atoms with Gasteiger partial charge in [0, 0.05) is 5.56 Å². The summed E-state index contributed by atoms with van der Waals surface area (Å²) in [6.45, 7) is 10.8. The number of rotatable bonds is 61. The van der Waals surface area contributed by atoms with E-state index in [0.29, 0.717) is 11.8 Å². The van der Waals surface area contributed by atoms with Crippen molar-refractivity contribution in [3.63, 3.8) is 0 Å². The Kier molecular flexibility index (Phi) is 61.4. The number of hydrogen-bond acceptors (Lipinski definition) is 9. The summed E-state index contributed by atoms with van der Waals surface area (Å²) in [5.41, 5.74) is 7.98. The van der Waals surface area contributed by atoms with Crippen LogP contribution in [-0.4, -0.2) is 51.3 Å². The molecular weight excluding hydrogens is 1400 g/mol. The predicted octanol–water partition coefficient (Wildman–Crippen LogP) is 31.3. The molecule has 8 aromatic rings. The summed E-state index contributed by atoms with van der Waals surface area (Å²) in [7, 11) is 0. The third-order valence-electron chi connectivity index (χ3n) is 21.4. The van der Waals surface area contributed by atoms with Crippen LogP contribution >= 0.6 is 11.6 Å². The van der Waals surface area contributed by atoms with Gasteiger partial charge in [0.05, 0.1) is 11.4 Å². The maximum Gasteiger partial charge on any atom is 0.345 e. The summed E-state index contributed by atoms with van der Waals surface area (Å²) < 4.78 is 9.06. The van der Waals surface area contributed by atoms with Gasteiger partial charge < -0.3 is 9.84 Å². The van der Waals surface area contributed by atoms with Gasteiger partial charge in [0.25, 0.3) is 0 Å². The molecule has 620 valence electrons. The minimum Gasteiger partial charge on any atom is -0.508 e. The highest BCUT2D eigenvalue weighted by Crippen LogP contribution is 2.25. The first-order valence-corrected chi connectivity index (χ1v) is 46.1. The van der Waals surface area contributed by atoms with Gasteiger partial charge in [-0.2, -0.15) is 9.36 Å². The number of benzene rings is 6. The van der Waals surface area contributed by atoms with E-state index in [0.717, 1.165) is 42.0 Å². The lowest BCUT2D eigenvalue weighted by molar-refractivity contribution is 0.101. The summed E-state index contributed by atoms with van der Waals surface area (Å²) in [6.07, 6.45) is 77.7. The molecule has 0 aliphatic rings. The van der Waals surface area contributed by atoms with Crippen LogP contribution in [0, 0.1) is 0 Å². The van der Waals surface area contributed by atoms with Gasteiger partial charge in [-0.25, -0.2) is 0 Å². The smallest absolute Gasteiger partial charge is 0.345 e. The molecule has 0 saturated heterocycles. The van der Waals surface area contributed by atoms with Crippen LogP contribution in [0.2, 0.25) is 5.28 Å². The van der Waals surface area contributed by atoms with Crippen molar-refractivity contribution >= 4 is 17.4 Å². The fourth-order valence-electron chi connectivity index (χ4n) is 14.4. The second kappa shape index (κ2) is 70.6. The van der Waals surface area contributed by atoms with Crippen LogP contribution in [0.25, 0.3) is 11.4 Å². The molecular formula is C100H155ClN8O3. The number of unbranched alkanes of at least 4 members (excludes halogenated alkanes) is 48. The molecule has 0 spiro atoms. The number of phenolic OH excluding ortho intramolecular Hbond substituents is 1. The Hall–Kier alpha value is -6.98. The topological polar surface area (TPSA) is 134 Å². The average Bonchev–Trinajstić information content (AvgIpc) is 1.68. The second-order valence-corrected chi connectivity index (χ2v) is 31.9. The van der Waals surface area contributed by atoms with Crippen molar-refractivity contribution in [1.29, 1.82) is 0 Å². The standard InChI is InChI=1S/C28H40N4O.C23H38O.C21H36O.C21H36.C7H5ClN4/c1-2-3-4-5-6-7-8-9-10-11-12-13-15-19-25-20-18-23-27(24-25)33-28-29-30-31-32(28)26-21-16-14-17-22-26;1-3-4-5-6-7-8-9-10-11-12-13-14-15-16-22-17-19-23(20-18-22)21(2)24;1-2-3-4-5-6-7-8-9-10-11-12-13-14-16-20-17-15-18-21(22)19-20;1-2-3-4-5-6-7-8-9-10-11-12-13-15-18-21-19-16-14-17-20-21;8-7-9-10-11-12(7)6-4-2-1-3-5-6/h14,16-18,20-24H,2-13,15,19H2,1H3;17-20H,3-16H2,1-2H3;15,17-19,22H,2-14,16H2,1H3;14,16-17,19-20H,2-13,15,18H2,1H3;1-5H. The van der Waals surface area contributed by atoms with Gasteiger partial charge in [-0.15, -0.1) is 0 Å². The molecule has 6 aromatic carbocycles. The Morgan fingerprint density at radius 3 is 0.938 bits per heavy atom. The Balaban J connectivity index is 0.000000304. The summed E-state index contributed by atoms with van der Waals surface area (Å²) in [5, 5.41) is 32.2. The number of para-hydroxylation sites is 2. The number of aryl methyl sites for hydroxylation is 4. The Morgan fingerprint density at radius 2 is 0.598 bits per heavy atom. The quantitative estimate of drug-likeness (QED) is 0.0292. The van der Waals surface area contributed by atoms with Crippen LogP contribution in [0.15, 0.2) is 164 Å². The number of tetrazole rings is 2. The highest BCUT2D eigenvalue weighted by Gasteiger charge is 2.12. The van der Waals surface area contributed by atoms with Crippen LogP contribution in [-0.2, 0) is 25.7 Å². The van der Waals surface area contributed by atoms with E-state index < -0.39 is 0 Å². The molecule has 11 nitrogen and oxygen atoms in total. The maximum absolute atomic E-state index is 11.2. The number of carbonyl (C=O) groups excluding carboxylic acids is 1. The number of ether oxygens (including phenoxy) is 1. The summed E-state index contributed by atoms with van der Waals surface area (Å²) in [5.74, 6) is 1.32. The molecule has 2 heterocycles. The molecule has 2 aromatic heterocycles. The Bertz CT molecular complexity index is 3360. The minimum atomic E-state index is 0.155. The van der Waals surface area contributed by atoms with E-state index in [1.54, 1.807) is 17.7 Å². The van der Waals surface area contributed by atoms with Crippen molar-refractivity contribution in [1.82, 2.24) is 40.4 Å². The highest BCUT2D eigenvalue weighted by atomic mass is 35.5. The third kappa shape index (κ3) is 52.4. The van der Waals surface area contributed by atoms with Gasteiger partial charge >= 0.3 is 6.01 Å². The van der Waals surface area contributed by atoms with Crippen molar-refractivity contribution in [2.75, 3.05) is 0 Å². The first kappa shape index (κ1) is 97.4. The number of halogens is 1. The molecule has 0 fully saturated rings. The molecule has 112 heavy (non-hydrogen) atoms. The van der Waals surface area contributed by atoms with Crippen molar-refractivity contribution in [2.24, 2.45) is 0 Å². The normalized spacial score (nSPS) is 10.9. The number of aromatic nitrogens is 8. The van der Waals surface area contributed by atoms with Crippen LogP contribution in [0.3, 0.4) is 0 Å². The molecule has 0 unspecified atom stereocenters. The van der Waals surface area contributed by atoms with Gasteiger partial charge in [-0.3, -0.25) is 4.79 Å². The number of aromatic hydroxyl groups is 1. The van der Waals surface area contributed by atoms with Gasteiger partial charge in [0.15, 0.2) is 5.78 Å². The fraction of sp³-hybridized carbons (Fsp3) is 0.610. The van der Waals surface area contributed by atoms with Crippen LogP contribution < -0.4 is 4.74 Å². The summed E-state index contributed by atoms with van der Waals surface area (Å²) in [6, 6.07) is 54.6. The third-order valence-corrected chi connectivity index (χ3v) is 21.6. The molecule has 0 bridgehead atoms. The molecule has 8 rings (SSSR count). The lowest BCUT2D eigenvalue weighted by atomic mass is 10.0. The molecule has 0 aliphatic carbocycles. The first-order valence-electron chi connectivity index (χ1n) is 45.8. The minimum absolute atomic E-state index is 0.155. The van der Waals surface area contributed by atoms with E-state index in [9.17, 15) is 9.90 Å². The van der Waals surface area contributed by atoms with E-state index in [1.165, 1.54) is 367 Å². The number of hydrogen-bond donors (Lipinski definition) is 1. The number of ketones is 1. The zero-order chi connectivity index (χ0) is 79.7. The van der Waals surface area contributed by atoms with Crippen LogP contribution in [0.5, 0.6) is 17.5 Å². The first-order chi connectivity index (χ1) is 55.2. The van der Waals surface area contributed by atoms with Gasteiger partial charge in [-0.1, -0.05) is 461 Å². The molecule has 12 heteroatoms. The zero-order valence-corrected chi connectivity index (χ0v) is 72.2. The highest BCUT2D eigenvalue weighted by molar-refractivity contribution is 6.28. The number of carbonyl (C=O) groups is 1. The molecule has 0 aliphatic heterocycles. The second-order valence-electron chi connectivity index (χ2n) is 31.5. The maximum atomic E-state index is 11.2. The van der Waals surface area contributed by atoms with Crippen molar-refractivity contribution < 1.29 is 14.6 Å².